The molecule has 1 rings (SSSR count). The second-order valence-corrected chi connectivity index (χ2v) is 3.49. The van der Waals surface area contributed by atoms with Crippen LogP contribution >= 0.6 is 24.0 Å². The first-order valence-corrected chi connectivity index (χ1v) is 4.85. The molecule has 1 atom stereocenters. The fourth-order valence-electron chi connectivity index (χ4n) is 1.27. The summed E-state index contributed by atoms with van der Waals surface area (Å²) in [5, 5.41) is 8.70. The monoisotopic (exact) mass is 253 g/mol. The van der Waals surface area contributed by atoms with Crippen molar-refractivity contribution in [1.29, 1.82) is 0 Å². The molecule has 0 spiro atoms. The van der Waals surface area contributed by atoms with Crippen LogP contribution in [0.1, 0.15) is 24.4 Å². The summed E-state index contributed by atoms with van der Waals surface area (Å²) in [5.74, 6) is -0.455. The summed E-state index contributed by atoms with van der Waals surface area (Å²) < 4.78 is 13.0. The van der Waals surface area contributed by atoms with Crippen molar-refractivity contribution < 1.29 is 9.50 Å². The van der Waals surface area contributed by atoms with Crippen molar-refractivity contribution in [3.8, 4) is 0 Å². The fourth-order valence-corrected chi connectivity index (χ4v) is 1.54. The third-order valence-electron chi connectivity index (χ3n) is 2.05. The molecule has 0 unspecified atom stereocenters. The van der Waals surface area contributed by atoms with E-state index < -0.39 is 5.82 Å². The molecule has 5 heteroatoms. The quantitative estimate of drug-likeness (QED) is 0.867. The molecule has 3 N–H and O–H groups in total. The Labute approximate surface area is 99.6 Å². The van der Waals surface area contributed by atoms with E-state index in [4.69, 9.17) is 22.4 Å². The summed E-state index contributed by atoms with van der Waals surface area (Å²) in [4.78, 5) is 0. The van der Waals surface area contributed by atoms with E-state index in [2.05, 4.69) is 0 Å². The van der Waals surface area contributed by atoms with Crippen LogP contribution in [0.4, 0.5) is 4.39 Å². The summed E-state index contributed by atoms with van der Waals surface area (Å²) >= 11 is 5.75. The van der Waals surface area contributed by atoms with Crippen LogP contribution in [0.25, 0.3) is 0 Å². The Bertz CT molecular complexity index is 309. The SMILES string of the molecule is Cl.N[C@H](CCCO)c1cccc(F)c1Cl. The highest BCUT2D eigenvalue weighted by atomic mass is 35.5. The summed E-state index contributed by atoms with van der Waals surface area (Å²) in [6.07, 6.45) is 1.19. The maximum atomic E-state index is 13.0. The molecular weight excluding hydrogens is 240 g/mol. The topological polar surface area (TPSA) is 46.2 Å². The molecule has 2 nitrogen and oxygen atoms in total. The molecule has 0 aliphatic carbocycles. The lowest BCUT2D eigenvalue weighted by Crippen LogP contribution is -2.11. The standard InChI is InChI=1S/C10H13ClFNO.ClH/c11-10-7(3-1-4-8(10)12)9(13)5-2-6-14;/h1,3-4,9,14H,2,5-6,13H2;1H/t9-;/m1./s1. The Morgan fingerprint density at radius 1 is 1.47 bits per heavy atom. The second kappa shape index (κ2) is 7.01. The van der Waals surface area contributed by atoms with E-state index in [9.17, 15) is 4.39 Å². The van der Waals surface area contributed by atoms with Gasteiger partial charge in [0.05, 0.1) is 5.02 Å². The Hall–Kier alpha value is -0.350. The molecule has 0 saturated heterocycles. The van der Waals surface area contributed by atoms with Crippen LogP contribution in [0.5, 0.6) is 0 Å². The van der Waals surface area contributed by atoms with E-state index in [1.807, 2.05) is 0 Å². The van der Waals surface area contributed by atoms with Gasteiger partial charge in [-0.3, -0.25) is 0 Å². The predicted octanol–water partition coefficient (Wildman–Crippen LogP) is 2.67. The van der Waals surface area contributed by atoms with Crippen LogP contribution in [0.2, 0.25) is 5.02 Å². The number of aliphatic hydroxyl groups is 1. The van der Waals surface area contributed by atoms with Gasteiger partial charge in [-0.2, -0.15) is 0 Å². The highest BCUT2D eigenvalue weighted by molar-refractivity contribution is 6.31. The van der Waals surface area contributed by atoms with Gasteiger partial charge >= 0.3 is 0 Å². The number of halogens is 3. The smallest absolute Gasteiger partial charge is 0.142 e. The lowest BCUT2D eigenvalue weighted by Gasteiger charge is -2.12. The Balaban J connectivity index is 0.00000196. The number of hydrogen-bond donors (Lipinski definition) is 2. The average Bonchev–Trinajstić information content (AvgIpc) is 2.18. The normalized spacial score (nSPS) is 12.0. The summed E-state index contributed by atoms with van der Waals surface area (Å²) in [6, 6.07) is 4.26. The minimum Gasteiger partial charge on any atom is -0.396 e. The summed E-state index contributed by atoms with van der Waals surface area (Å²) in [7, 11) is 0. The predicted molar refractivity (Wildman–Crippen MR) is 61.9 cm³/mol. The maximum Gasteiger partial charge on any atom is 0.142 e. The lowest BCUT2D eigenvalue weighted by atomic mass is 10.0. The minimum atomic E-state index is -0.455. The van der Waals surface area contributed by atoms with E-state index in [0.29, 0.717) is 18.4 Å². The van der Waals surface area contributed by atoms with Crippen molar-refractivity contribution in [1.82, 2.24) is 0 Å². The van der Waals surface area contributed by atoms with Gasteiger partial charge in [0.1, 0.15) is 5.82 Å². The van der Waals surface area contributed by atoms with Gasteiger partial charge < -0.3 is 10.8 Å². The van der Waals surface area contributed by atoms with Crippen LogP contribution in [0.3, 0.4) is 0 Å². The Morgan fingerprint density at radius 2 is 2.13 bits per heavy atom. The molecular formula is C10H14Cl2FNO. The van der Waals surface area contributed by atoms with Gasteiger partial charge in [0, 0.05) is 12.6 Å². The number of hydrogen-bond acceptors (Lipinski definition) is 2. The van der Waals surface area contributed by atoms with E-state index in [1.54, 1.807) is 12.1 Å². The van der Waals surface area contributed by atoms with Crippen molar-refractivity contribution in [3.63, 3.8) is 0 Å². The number of nitrogens with two attached hydrogens (primary N) is 1. The van der Waals surface area contributed by atoms with Gasteiger partial charge in [-0.15, -0.1) is 12.4 Å². The van der Waals surface area contributed by atoms with Crippen molar-refractivity contribution in [3.05, 3.63) is 34.6 Å². The van der Waals surface area contributed by atoms with E-state index >= 15 is 0 Å². The zero-order valence-electron chi connectivity index (χ0n) is 8.12. The molecule has 0 saturated carbocycles. The van der Waals surface area contributed by atoms with Crippen molar-refractivity contribution >= 4 is 24.0 Å². The van der Waals surface area contributed by atoms with Crippen LogP contribution in [-0.2, 0) is 0 Å². The highest BCUT2D eigenvalue weighted by Gasteiger charge is 2.12. The number of rotatable bonds is 4. The Morgan fingerprint density at radius 3 is 2.73 bits per heavy atom. The third kappa shape index (κ3) is 3.95. The van der Waals surface area contributed by atoms with Gasteiger partial charge in [-0.1, -0.05) is 23.7 Å². The number of benzene rings is 1. The zero-order valence-corrected chi connectivity index (χ0v) is 9.69. The zero-order chi connectivity index (χ0) is 10.6. The minimum absolute atomic E-state index is 0. The maximum absolute atomic E-state index is 13.0. The molecule has 0 amide bonds. The van der Waals surface area contributed by atoms with Crippen molar-refractivity contribution in [2.45, 2.75) is 18.9 Å². The van der Waals surface area contributed by atoms with Gasteiger partial charge in [0.2, 0.25) is 0 Å². The molecule has 0 aromatic heterocycles. The summed E-state index contributed by atoms with van der Waals surface area (Å²) in [5.41, 5.74) is 6.39. The molecule has 1 aromatic rings. The van der Waals surface area contributed by atoms with Gasteiger partial charge in [-0.05, 0) is 24.5 Å². The molecule has 15 heavy (non-hydrogen) atoms. The molecule has 0 aliphatic rings. The third-order valence-corrected chi connectivity index (χ3v) is 2.45. The van der Waals surface area contributed by atoms with Crippen LogP contribution in [0.15, 0.2) is 18.2 Å². The Kier molecular flexibility index (Phi) is 6.85. The molecule has 86 valence electrons. The largest absolute Gasteiger partial charge is 0.396 e. The van der Waals surface area contributed by atoms with E-state index in [-0.39, 0.29) is 30.1 Å². The fraction of sp³-hybridized carbons (Fsp3) is 0.400. The van der Waals surface area contributed by atoms with Gasteiger partial charge in [-0.25, -0.2) is 4.39 Å². The molecule has 0 aliphatic heterocycles. The van der Waals surface area contributed by atoms with Crippen molar-refractivity contribution in [2.24, 2.45) is 5.73 Å². The van der Waals surface area contributed by atoms with Gasteiger partial charge in [0.25, 0.3) is 0 Å². The highest BCUT2D eigenvalue weighted by Crippen LogP contribution is 2.26. The molecule has 1 aromatic carbocycles. The second-order valence-electron chi connectivity index (χ2n) is 3.12. The van der Waals surface area contributed by atoms with Crippen LogP contribution in [0, 0.1) is 5.82 Å². The molecule has 0 bridgehead atoms. The first kappa shape index (κ1) is 14.6. The first-order valence-electron chi connectivity index (χ1n) is 4.47. The molecule has 0 fully saturated rings. The van der Waals surface area contributed by atoms with E-state index in [0.717, 1.165) is 0 Å². The van der Waals surface area contributed by atoms with Gasteiger partial charge in [0.15, 0.2) is 0 Å². The first-order chi connectivity index (χ1) is 6.66. The lowest BCUT2D eigenvalue weighted by molar-refractivity contribution is 0.280. The molecule has 0 radical (unpaired) electrons. The van der Waals surface area contributed by atoms with E-state index in [1.165, 1.54) is 6.07 Å². The number of aliphatic hydroxyl groups excluding tert-OH is 1. The average molecular weight is 254 g/mol. The summed E-state index contributed by atoms with van der Waals surface area (Å²) in [6.45, 7) is 0.0840. The van der Waals surface area contributed by atoms with Crippen LogP contribution in [-0.4, -0.2) is 11.7 Å². The van der Waals surface area contributed by atoms with Crippen LogP contribution < -0.4 is 5.73 Å². The molecule has 0 heterocycles. The van der Waals surface area contributed by atoms with Crippen molar-refractivity contribution in [2.75, 3.05) is 6.61 Å².